The number of likely N-dealkylation sites (N-methyl/N-ethyl adjacent to an activating group) is 1. The molecule has 0 aromatic heterocycles. The van der Waals surface area contributed by atoms with Gasteiger partial charge in [0.1, 0.15) is 13.2 Å². The number of phosphoric ester groups is 1. The number of phosphoric acid groups is 1. The van der Waals surface area contributed by atoms with Crippen molar-refractivity contribution in [2.75, 3.05) is 40.9 Å². The molecule has 0 spiro atoms. The van der Waals surface area contributed by atoms with E-state index in [9.17, 15) is 19.4 Å². The molecule has 0 aliphatic carbocycles. The maximum atomic E-state index is 12.9. The van der Waals surface area contributed by atoms with Crippen molar-refractivity contribution in [2.45, 2.75) is 238 Å². The molecule has 1 amide bonds. The number of carbonyl (C=O) groups is 1. The Hall–Kier alpha value is -0.760. The minimum atomic E-state index is -4.31. The van der Waals surface area contributed by atoms with E-state index in [1.165, 1.54) is 161 Å². The Labute approximate surface area is 342 Å². The molecule has 55 heavy (non-hydrogen) atoms. The van der Waals surface area contributed by atoms with E-state index in [2.05, 4.69) is 31.3 Å². The smallest absolute Gasteiger partial charge is 0.391 e. The maximum Gasteiger partial charge on any atom is 0.472 e. The average Bonchev–Trinajstić information content (AvgIpc) is 3.13. The van der Waals surface area contributed by atoms with Crippen molar-refractivity contribution in [3.05, 3.63) is 12.2 Å². The molecule has 0 saturated carbocycles. The largest absolute Gasteiger partial charge is 0.472 e. The summed E-state index contributed by atoms with van der Waals surface area (Å²) in [6.07, 6.45) is 43.7. The van der Waals surface area contributed by atoms with E-state index in [0.717, 1.165) is 38.5 Å². The Kier molecular flexibility index (Phi) is 38.2. The van der Waals surface area contributed by atoms with Gasteiger partial charge in [0.05, 0.1) is 39.9 Å². The standard InChI is InChI=1S/C46H93N2O6P/c1-6-8-10-12-14-16-18-20-22-23-24-26-28-30-32-34-36-38-40-46(50)47-44(43-54-55(51,52)53-42-41-48(3,4)5)45(49)39-37-35-33-31-29-27-25-21-19-17-15-13-11-9-7-2/h22-23,44-45,49H,6-21,24-43H2,1-5H3,(H-,47,50,51,52)/p+1/b23-22-. The minimum absolute atomic E-state index is 0.0758. The Morgan fingerprint density at radius 3 is 1.40 bits per heavy atom. The quantitative estimate of drug-likeness (QED) is 0.0245. The Balaban J connectivity index is 4.32. The molecule has 0 bridgehead atoms. The third-order valence-electron chi connectivity index (χ3n) is 10.8. The summed E-state index contributed by atoms with van der Waals surface area (Å²) in [6.45, 7) is 4.90. The highest BCUT2D eigenvalue weighted by Crippen LogP contribution is 2.43. The van der Waals surface area contributed by atoms with Crippen LogP contribution < -0.4 is 5.32 Å². The maximum absolute atomic E-state index is 12.9. The zero-order valence-electron chi connectivity index (χ0n) is 37.2. The first-order valence-electron chi connectivity index (χ1n) is 23.6. The van der Waals surface area contributed by atoms with Crippen LogP contribution in [0.4, 0.5) is 0 Å². The van der Waals surface area contributed by atoms with Gasteiger partial charge in [0.15, 0.2) is 0 Å². The fraction of sp³-hybridized carbons (Fsp3) is 0.935. The number of carbonyl (C=O) groups excluding carboxylic acids is 1. The number of quaternary nitrogens is 1. The van der Waals surface area contributed by atoms with Crippen LogP contribution in [0.3, 0.4) is 0 Å². The zero-order valence-corrected chi connectivity index (χ0v) is 38.1. The number of hydrogen-bond acceptors (Lipinski definition) is 5. The molecule has 0 aromatic carbocycles. The predicted octanol–water partition coefficient (Wildman–Crippen LogP) is 13.1. The van der Waals surface area contributed by atoms with Crippen molar-refractivity contribution in [1.29, 1.82) is 0 Å². The molecule has 0 aliphatic rings. The van der Waals surface area contributed by atoms with Crippen LogP contribution in [-0.2, 0) is 18.4 Å². The highest BCUT2D eigenvalue weighted by Gasteiger charge is 2.28. The number of unbranched alkanes of at least 4 members (excludes halogenated alkanes) is 28. The lowest BCUT2D eigenvalue weighted by Crippen LogP contribution is -2.46. The van der Waals surface area contributed by atoms with Crippen LogP contribution >= 0.6 is 7.82 Å². The van der Waals surface area contributed by atoms with Gasteiger partial charge in [0, 0.05) is 6.42 Å². The molecular weight excluding hydrogens is 707 g/mol. The summed E-state index contributed by atoms with van der Waals surface area (Å²) in [7, 11) is 1.62. The molecule has 0 radical (unpaired) electrons. The lowest BCUT2D eigenvalue weighted by molar-refractivity contribution is -0.870. The normalized spacial score (nSPS) is 14.4. The van der Waals surface area contributed by atoms with E-state index < -0.39 is 20.0 Å². The average molecular weight is 802 g/mol. The minimum Gasteiger partial charge on any atom is -0.391 e. The molecule has 8 nitrogen and oxygen atoms in total. The van der Waals surface area contributed by atoms with E-state index in [4.69, 9.17) is 9.05 Å². The molecule has 3 unspecified atom stereocenters. The summed E-state index contributed by atoms with van der Waals surface area (Å²) in [5, 5.41) is 14.0. The molecule has 328 valence electrons. The third-order valence-corrected chi connectivity index (χ3v) is 11.7. The van der Waals surface area contributed by atoms with Gasteiger partial charge in [0.25, 0.3) is 0 Å². The Morgan fingerprint density at radius 1 is 0.600 bits per heavy atom. The molecule has 0 aliphatic heterocycles. The summed E-state index contributed by atoms with van der Waals surface area (Å²) in [6, 6.07) is -0.758. The number of aliphatic hydroxyl groups excluding tert-OH is 1. The van der Waals surface area contributed by atoms with Crippen molar-refractivity contribution in [2.24, 2.45) is 0 Å². The number of nitrogens with zero attached hydrogens (tertiary/aromatic N) is 1. The second kappa shape index (κ2) is 38.7. The van der Waals surface area contributed by atoms with Gasteiger partial charge in [-0.25, -0.2) is 4.57 Å². The molecule has 0 fully saturated rings. The van der Waals surface area contributed by atoms with Gasteiger partial charge in [-0.3, -0.25) is 13.8 Å². The summed E-state index contributed by atoms with van der Waals surface area (Å²) in [5.41, 5.74) is 0. The molecule has 3 atom stereocenters. The zero-order chi connectivity index (χ0) is 40.7. The Morgan fingerprint density at radius 2 is 0.982 bits per heavy atom. The van der Waals surface area contributed by atoms with E-state index in [1.54, 1.807) is 0 Å². The van der Waals surface area contributed by atoms with Gasteiger partial charge in [0.2, 0.25) is 5.91 Å². The molecular formula is C46H94N2O6P+. The van der Waals surface area contributed by atoms with E-state index >= 15 is 0 Å². The number of nitrogens with one attached hydrogen (secondary N) is 1. The third kappa shape index (κ3) is 41.2. The van der Waals surface area contributed by atoms with Gasteiger partial charge in [-0.1, -0.05) is 193 Å². The lowest BCUT2D eigenvalue weighted by Gasteiger charge is -2.26. The van der Waals surface area contributed by atoms with Crippen molar-refractivity contribution in [3.63, 3.8) is 0 Å². The van der Waals surface area contributed by atoms with Gasteiger partial charge in [-0.15, -0.1) is 0 Å². The van der Waals surface area contributed by atoms with Gasteiger partial charge in [-0.2, -0.15) is 0 Å². The molecule has 0 aromatic rings. The number of aliphatic hydroxyl groups is 1. The summed E-state index contributed by atoms with van der Waals surface area (Å²) < 4.78 is 23.6. The van der Waals surface area contributed by atoms with E-state index in [0.29, 0.717) is 23.9 Å². The summed E-state index contributed by atoms with van der Waals surface area (Å²) in [4.78, 5) is 23.2. The lowest BCUT2D eigenvalue weighted by atomic mass is 10.0. The summed E-state index contributed by atoms with van der Waals surface area (Å²) in [5.74, 6) is -0.147. The molecule has 0 heterocycles. The van der Waals surface area contributed by atoms with Crippen molar-refractivity contribution in [3.8, 4) is 0 Å². The van der Waals surface area contributed by atoms with Gasteiger partial charge in [-0.05, 0) is 38.5 Å². The SMILES string of the molecule is CCCCCCCCC/C=C\CCCCCCCCCC(=O)NC(COP(=O)(O)OCC[N+](C)(C)C)C(O)CCCCCCCCCCCCCCCCC. The first-order chi connectivity index (χ1) is 26.5. The van der Waals surface area contributed by atoms with Crippen LogP contribution in [0.2, 0.25) is 0 Å². The summed E-state index contributed by atoms with van der Waals surface area (Å²) >= 11 is 0. The second-order valence-corrected chi connectivity index (χ2v) is 18.9. The number of amides is 1. The fourth-order valence-corrected chi connectivity index (χ4v) is 7.72. The van der Waals surface area contributed by atoms with Crippen LogP contribution in [0.25, 0.3) is 0 Å². The van der Waals surface area contributed by atoms with Crippen LogP contribution in [0.15, 0.2) is 12.2 Å². The van der Waals surface area contributed by atoms with E-state index in [1.807, 2.05) is 21.1 Å². The van der Waals surface area contributed by atoms with Crippen LogP contribution in [0, 0.1) is 0 Å². The topological polar surface area (TPSA) is 105 Å². The highest BCUT2D eigenvalue weighted by atomic mass is 31.2. The van der Waals surface area contributed by atoms with Gasteiger partial charge >= 0.3 is 7.82 Å². The number of rotatable bonds is 43. The molecule has 9 heteroatoms. The highest BCUT2D eigenvalue weighted by molar-refractivity contribution is 7.47. The van der Waals surface area contributed by atoms with E-state index in [-0.39, 0.29) is 19.1 Å². The monoisotopic (exact) mass is 802 g/mol. The molecule has 3 N–H and O–H groups in total. The second-order valence-electron chi connectivity index (χ2n) is 17.5. The van der Waals surface area contributed by atoms with Crippen molar-refractivity contribution < 1.29 is 32.9 Å². The van der Waals surface area contributed by atoms with Crippen LogP contribution in [-0.4, -0.2) is 73.4 Å². The van der Waals surface area contributed by atoms with Crippen molar-refractivity contribution in [1.82, 2.24) is 5.32 Å². The van der Waals surface area contributed by atoms with Gasteiger partial charge < -0.3 is 19.8 Å². The predicted molar refractivity (Wildman–Crippen MR) is 235 cm³/mol. The fourth-order valence-electron chi connectivity index (χ4n) is 6.98. The number of hydrogen-bond donors (Lipinski definition) is 3. The van der Waals surface area contributed by atoms with Crippen LogP contribution in [0.1, 0.15) is 226 Å². The molecule has 0 rings (SSSR count). The first kappa shape index (κ1) is 54.2. The first-order valence-corrected chi connectivity index (χ1v) is 25.0. The number of allylic oxidation sites excluding steroid dienone is 2. The Bertz CT molecular complexity index is 911. The van der Waals surface area contributed by atoms with Crippen LogP contribution in [0.5, 0.6) is 0 Å². The molecule has 0 saturated heterocycles. The van der Waals surface area contributed by atoms with Crippen molar-refractivity contribution >= 4 is 13.7 Å².